The minimum absolute atomic E-state index is 0.181. The summed E-state index contributed by atoms with van der Waals surface area (Å²) in [5, 5.41) is 11.0. The molecule has 0 fully saturated rings. The normalized spacial score (nSPS) is 10.7. The quantitative estimate of drug-likeness (QED) is 0.743. The number of anilines is 1. The second kappa shape index (κ2) is 6.62. The smallest absolute Gasteiger partial charge is 0.278 e. The number of rotatable bonds is 4. The minimum Gasteiger partial charge on any atom is -0.323 e. The molecule has 0 bridgehead atoms. The summed E-state index contributed by atoms with van der Waals surface area (Å²) in [7, 11) is 0. The van der Waals surface area contributed by atoms with Gasteiger partial charge in [0.05, 0.1) is 11.1 Å². The van der Waals surface area contributed by atoms with Crippen molar-refractivity contribution in [2.75, 3.05) is 11.6 Å². The maximum absolute atomic E-state index is 12.3. The lowest BCUT2D eigenvalue weighted by molar-refractivity contribution is -0.117. The summed E-state index contributed by atoms with van der Waals surface area (Å²) < 4.78 is 1.07. The second-order valence-electron chi connectivity index (χ2n) is 4.82. The molecule has 0 atom stereocenters. The van der Waals surface area contributed by atoms with E-state index in [0.29, 0.717) is 16.6 Å². The van der Waals surface area contributed by atoms with Gasteiger partial charge in [-0.1, -0.05) is 29.5 Å². The highest BCUT2D eigenvalue weighted by Crippen LogP contribution is 2.24. The maximum atomic E-state index is 12.3. The Morgan fingerprint density at radius 1 is 1.17 bits per heavy atom. The van der Waals surface area contributed by atoms with Crippen LogP contribution in [-0.4, -0.2) is 27.2 Å². The first-order chi connectivity index (χ1) is 11.2. The molecule has 2 aromatic carbocycles. The zero-order valence-corrected chi connectivity index (χ0v) is 13.2. The molecule has 3 rings (SSSR count). The largest absolute Gasteiger partial charge is 0.323 e. The lowest BCUT2D eigenvalue weighted by atomic mass is 10.2. The number of para-hydroxylation sites is 1. The number of hydrogen-bond acceptors (Lipinski definition) is 5. The molecule has 0 aliphatic heterocycles. The zero-order valence-electron chi connectivity index (χ0n) is 12.4. The third-order valence-electron chi connectivity index (χ3n) is 3.30. The summed E-state index contributed by atoms with van der Waals surface area (Å²) in [6, 6.07) is 14.4. The number of nitrogens with zero attached hydrogens (tertiary/aromatic N) is 3. The van der Waals surface area contributed by atoms with Gasteiger partial charge in [-0.05, 0) is 30.5 Å². The fraction of sp³-hybridized carbons (Fsp3) is 0.125. The van der Waals surface area contributed by atoms with E-state index >= 15 is 0 Å². The van der Waals surface area contributed by atoms with Crippen molar-refractivity contribution in [1.29, 1.82) is 0 Å². The highest BCUT2D eigenvalue weighted by molar-refractivity contribution is 7.98. The molecule has 23 heavy (non-hydrogen) atoms. The molecule has 6 nitrogen and oxygen atoms in total. The van der Waals surface area contributed by atoms with Gasteiger partial charge in [-0.3, -0.25) is 9.59 Å². The van der Waals surface area contributed by atoms with Crippen molar-refractivity contribution >= 4 is 34.3 Å². The molecule has 1 heterocycles. The van der Waals surface area contributed by atoms with Crippen molar-refractivity contribution in [2.24, 2.45) is 0 Å². The molecule has 0 saturated heterocycles. The molecule has 0 aliphatic carbocycles. The molecular weight excluding hydrogens is 312 g/mol. The number of fused-ring (bicyclic) bond motifs is 1. The van der Waals surface area contributed by atoms with Crippen molar-refractivity contribution in [3.05, 3.63) is 58.9 Å². The fourth-order valence-corrected chi connectivity index (χ4v) is 2.75. The molecule has 0 radical (unpaired) electrons. The highest BCUT2D eigenvalue weighted by atomic mass is 32.2. The summed E-state index contributed by atoms with van der Waals surface area (Å²) in [6.07, 6.45) is 1.93. The summed E-state index contributed by atoms with van der Waals surface area (Å²) in [5.41, 5.74) is 0.901. The summed E-state index contributed by atoms with van der Waals surface area (Å²) in [5.74, 6) is -0.321. The number of nitrogens with one attached hydrogen (secondary N) is 1. The second-order valence-corrected chi connectivity index (χ2v) is 5.67. The molecule has 1 aromatic heterocycles. The first-order valence-electron chi connectivity index (χ1n) is 6.94. The van der Waals surface area contributed by atoms with Gasteiger partial charge >= 0.3 is 0 Å². The van der Waals surface area contributed by atoms with Crippen LogP contribution >= 0.6 is 11.8 Å². The molecule has 1 amide bonds. The van der Waals surface area contributed by atoms with E-state index in [4.69, 9.17) is 0 Å². The third kappa shape index (κ3) is 3.24. The number of aromatic nitrogens is 3. The molecule has 7 heteroatoms. The van der Waals surface area contributed by atoms with E-state index in [9.17, 15) is 9.59 Å². The number of thioether (sulfide) groups is 1. The van der Waals surface area contributed by atoms with Crippen molar-refractivity contribution in [3.63, 3.8) is 0 Å². The van der Waals surface area contributed by atoms with Crippen LogP contribution in [0.5, 0.6) is 0 Å². The predicted molar refractivity (Wildman–Crippen MR) is 90.7 cm³/mol. The van der Waals surface area contributed by atoms with Gasteiger partial charge < -0.3 is 5.32 Å². The predicted octanol–water partition coefficient (Wildman–Crippen LogP) is 2.15. The molecule has 1 N–H and O–H groups in total. The van der Waals surface area contributed by atoms with Crippen LogP contribution in [0.4, 0.5) is 5.69 Å². The Kier molecular flexibility index (Phi) is 4.38. The van der Waals surface area contributed by atoms with E-state index in [1.807, 2.05) is 30.5 Å². The standard InChI is InChI=1S/C16H14N4O2S/c1-23-14-9-5-4-8-13(14)17-15(21)10-20-16(22)11-6-2-3-7-12(11)18-19-20/h2-9H,10H2,1H3,(H,17,21). The Bertz CT molecular complexity index is 923. The molecule has 3 aromatic rings. The van der Waals surface area contributed by atoms with Crippen LogP contribution in [0.15, 0.2) is 58.2 Å². The third-order valence-corrected chi connectivity index (χ3v) is 4.10. The van der Waals surface area contributed by atoms with Crippen molar-refractivity contribution < 1.29 is 4.79 Å². The molecular formula is C16H14N4O2S. The van der Waals surface area contributed by atoms with Crippen LogP contribution in [0, 0.1) is 0 Å². The maximum Gasteiger partial charge on any atom is 0.278 e. The van der Waals surface area contributed by atoms with Crippen LogP contribution < -0.4 is 10.9 Å². The average molecular weight is 326 g/mol. The van der Waals surface area contributed by atoms with E-state index in [2.05, 4.69) is 15.6 Å². The Balaban J connectivity index is 1.83. The summed E-state index contributed by atoms with van der Waals surface area (Å²) in [6.45, 7) is -0.181. The number of benzene rings is 2. The van der Waals surface area contributed by atoms with Gasteiger partial charge in [0.25, 0.3) is 5.56 Å². The van der Waals surface area contributed by atoms with Crippen LogP contribution in [0.2, 0.25) is 0 Å². The van der Waals surface area contributed by atoms with Gasteiger partial charge in [0.15, 0.2) is 0 Å². The van der Waals surface area contributed by atoms with Gasteiger partial charge in [0.1, 0.15) is 12.1 Å². The molecule has 0 saturated carbocycles. The Morgan fingerprint density at radius 2 is 1.91 bits per heavy atom. The first-order valence-corrected chi connectivity index (χ1v) is 8.17. The van der Waals surface area contributed by atoms with E-state index in [1.165, 1.54) is 11.8 Å². The number of hydrogen-bond donors (Lipinski definition) is 1. The van der Waals surface area contributed by atoms with Crippen molar-refractivity contribution in [2.45, 2.75) is 11.4 Å². The molecule has 0 unspecified atom stereocenters. The number of amides is 1. The zero-order chi connectivity index (χ0) is 16.2. The van der Waals surface area contributed by atoms with Crippen LogP contribution in [0.25, 0.3) is 10.9 Å². The van der Waals surface area contributed by atoms with Crippen LogP contribution in [0.3, 0.4) is 0 Å². The number of carbonyl (C=O) groups excluding carboxylic acids is 1. The monoisotopic (exact) mass is 326 g/mol. The Morgan fingerprint density at radius 3 is 2.74 bits per heavy atom. The Labute approximate surface area is 136 Å². The van der Waals surface area contributed by atoms with E-state index in [0.717, 1.165) is 9.58 Å². The van der Waals surface area contributed by atoms with Crippen molar-refractivity contribution in [3.8, 4) is 0 Å². The topological polar surface area (TPSA) is 76.9 Å². The average Bonchev–Trinajstić information content (AvgIpc) is 2.58. The van der Waals surface area contributed by atoms with Gasteiger partial charge in [0, 0.05) is 4.90 Å². The Hall–Kier alpha value is -2.67. The van der Waals surface area contributed by atoms with E-state index in [-0.39, 0.29) is 18.0 Å². The van der Waals surface area contributed by atoms with E-state index in [1.54, 1.807) is 24.3 Å². The first kappa shape index (κ1) is 15.2. The van der Waals surface area contributed by atoms with Crippen LogP contribution in [0.1, 0.15) is 0 Å². The fourth-order valence-electron chi connectivity index (χ4n) is 2.20. The lowest BCUT2D eigenvalue weighted by Crippen LogP contribution is -2.30. The van der Waals surface area contributed by atoms with Gasteiger partial charge in [-0.2, -0.15) is 0 Å². The van der Waals surface area contributed by atoms with E-state index < -0.39 is 0 Å². The minimum atomic E-state index is -0.330. The van der Waals surface area contributed by atoms with Crippen LogP contribution in [-0.2, 0) is 11.3 Å². The molecule has 0 spiro atoms. The molecule has 0 aliphatic rings. The SMILES string of the molecule is CSc1ccccc1NC(=O)Cn1nnc2ccccc2c1=O. The summed E-state index contributed by atoms with van der Waals surface area (Å²) in [4.78, 5) is 25.5. The summed E-state index contributed by atoms with van der Waals surface area (Å²) >= 11 is 1.54. The number of carbonyl (C=O) groups is 1. The molecule has 116 valence electrons. The highest BCUT2D eigenvalue weighted by Gasteiger charge is 2.11. The van der Waals surface area contributed by atoms with Crippen molar-refractivity contribution in [1.82, 2.24) is 15.0 Å². The van der Waals surface area contributed by atoms with Gasteiger partial charge in [-0.15, -0.1) is 16.9 Å². The lowest BCUT2D eigenvalue weighted by Gasteiger charge is -2.09. The van der Waals surface area contributed by atoms with Gasteiger partial charge in [0.2, 0.25) is 5.91 Å². The van der Waals surface area contributed by atoms with Gasteiger partial charge in [-0.25, -0.2) is 4.68 Å².